The standard InChI is InChI=1S/C10H16F3N3O2/c1-3-4-14-5-9(18)16(2)6-8(17)15-7-10(11,12)13/h3,14H,1,4-7H2,2H3,(H,15,17). The summed E-state index contributed by atoms with van der Waals surface area (Å²) in [5, 5.41) is 4.41. The Morgan fingerprint density at radius 1 is 1.39 bits per heavy atom. The molecule has 8 heteroatoms. The van der Waals surface area contributed by atoms with Crippen molar-refractivity contribution in [1.29, 1.82) is 0 Å². The number of hydrogen-bond donors (Lipinski definition) is 2. The molecule has 2 N–H and O–H groups in total. The number of rotatable bonds is 7. The number of carbonyl (C=O) groups excluding carboxylic acids is 2. The second-order valence-electron chi connectivity index (χ2n) is 3.56. The van der Waals surface area contributed by atoms with E-state index in [1.807, 2.05) is 0 Å². The first-order valence-corrected chi connectivity index (χ1v) is 5.15. The third-order valence-electron chi connectivity index (χ3n) is 1.86. The number of carbonyl (C=O) groups is 2. The summed E-state index contributed by atoms with van der Waals surface area (Å²) in [6.45, 7) is 2.05. The van der Waals surface area contributed by atoms with E-state index in [1.54, 1.807) is 11.4 Å². The third kappa shape index (κ3) is 8.57. The molecule has 18 heavy (non-hydrogen) atoms. The van der Waals surface area contributed by atoms with Gasteiger partial charge in [0.15, 0.2) is 0 Å². The van der Waals surface area contributed by atoms with Gasteiger partial charge in [0, 0.05) is 13.6 Å². The molecule has 104 valence electrons. The van der Waals surface area contributed by atoms with Crippen molar-refractivity contribution >= 4 is 11.8 Å². The second-order valence-corrected chi connectivity index (χ2v) is 3.56. The molecular formula is C10H16F3N3O2. The highest BCUT2D eigenvalue weighted by atomic mass is 19.4. The maximum absolute atomic E-state index is 11.8. The van der Waals surface area contributed by atoms with Crippen LogP contribution in [0.2, 0.25) is 0 Å². The third-order valence-corrected chi connectivity index (χ3v) is 1.86. The van der Waals surface area contributed by atoms with Crippen molar-refractivity contribution < 1.29 is 22.8 Å². The Labute approximate surface area is 103 Å². The van der Waals surface area contributed by atoms with Crippen LogP contribution in [0.25, 0.3) is 0 Å². The first-order valence-electron chi connectivity index (χ1n) is 5.15. The highest BCUT2D eigenvalue weighted by Crippen LogP contribution is 2.11. The topological polar surface area (TPSA) is 61.4 Å². The lowest BCUT2D eigenvalue weighted by molar-refractivity contribution is -0.141. The Morgan fingerprint density at radius 2 is 2.00 bits per heavy atom. The number of halogens is 3. The normalized spacial score (nSPS) is 10.9. The zero-order chi connectivity index (χ0) is 14.2. The molecule has 0 fully saturated rings. The molecule has 0 aliphatic carbocycles. The van der Waals surface area contributed by atoms with E-state index in [1.165, 1.54) is 7.05 Å². The Bertz CT molecular complexity index is 305. The maximum atomic E-state index is 11.8. The number of nitrogens with zero attached hydrogens (tertiary/aromatic N) is 1. The van der Waals surface area contributed by atoms with Crippen molar-refractivity contribution in [3.63, 3.8) is 0 Å². The monoisotopic (exact) mass is 267 g/mol. The lowest BCUT2D eigenvalue weighted by Gasteiger charge is -2.17. The van der Waals surface area contributed by atoms with Crippen molar-refractivity contribution in [2.45, 2.75) is 6.18 Å². The number of nitrogens with one attached hydrogen (secondary N) is 2. The van der Waals surface area contributed by atoms with E-state index in [-0.39, 0.29) is 12.5 Å². The number of likely N-dealkylation sites (N-methyl/N-ethyl adjacent to an activating group) is 1. The Balaban J connectivity index is 3.92. The van der Waals surface area contributed by atoms with E-state index in [0.29, 0.717) is 6.54 Å². The molecule has 0 aliphatic heterocycles. The zero-order valence-corrected chi connectivity index (χ0v) is 10.0. The predicted molar refractivity (Wildman–Crippen MR) is 59.8 cm³/mol. The highest BCUT2D eigenvalue weighted by Gasteiger charge is 2.27. The van der Waals surface area contributed by atoms with E-state index in [4.69, 9.17) is 0 Å². The largest absolute Gasteiger partial charge is 0.405 e. The average molecular weight is 267 g/mol. The van der Waals surface area contributed by atoms with Crippen LogP contribution in [0.4, 0.5) is 13.2 Å². The van der Waals surface area contributed by atoms with E-state index in [0.717, 1.165) is 4.90 Å². The van der Waals surface area contributed by atoms with E-state index >= 15 is 0 Å². The molecule has 0 atom stereocenters. The molecule has 0 aliphatic rings. The van der Waals surface area contributed by atoms with E-state index < -0.39 is 25.2 Å². The molecule has 0 saturated carbocycles. The lowest BCUT2D eigenvalue weighted by atomic mass is 10.4. The molecule has 0 rings (SSSR count). The summed E-state index contributed by atoms with van der Waals surface area (Å²) in [4.78, 5) is 23.5. The quantitative estimate of drug-likeness (QED) is 0.500. The Kier molecular flexibility index (Phi) is 7.03. The summed E-state index contributed by atoms with van der Waals surface area (Å²) in [5.41, 5.74) is 0. The van der Waals surface area contributed by atoms with Gasteiger partial charge in [0.05, 0.1) is 13.1 Å². The van der Waals surface area contributed by atoms with E-state index in [9.17, 15) is 22.8 Å². The Hall–Kier alpha value is -1.57. The highest BCUT2D eigenvalue weighted by molar-refractivity contribution is 5.85. The van der Waals surface area contributed by atoms with E-state index in [2.05, 4.69) is 11.9 Å². The van der Waals surface area contributed by atoms with Crippen molar-refractivity contribution in [2.24, 2.45) is 0 Å². The van der Waals surface area contributed by atoms with Gasteiger partial charge in [-0.25, -0.2) is 0 Å². The van der Waals surface area contributed by atoms with Crippen LogP contribution in [0.1, 0.15) is 0 Å². The van der Waals surface area contributed by atoms with Crippen LogP contribution in [0.15, 0.2) is 12.7 Å². The van der Waals surface area contributed by atoms with Crippen LogP contribution in [-0.2, 0) is 9.59 Å². The van der Waals surface area contributed by atoms with Crippen LogP contribution < -0.4 is 10.6 Å². The van der Waals surface area contributed by atoms with Gasteiger partial charge in [-0.3, -0.25) is 9.59 Å². The molecule has 0 aromatic heterocycles. The van der Waals surface area contributed by atoms with Crippen molar-refractivity contribution in [3.05, 3.63) is 12.7 Å². The van der Waals surface area contributed by atoms with Crippen molar-refractivity contribution in [2.75, 3.05) is 33.2 Å². The fraction of sp³-hybridized carbons (Fsp3) is 0.600. The summed E-state index contributed by atoms with van der Waals surface area (Å²) in [5.74, 6) is -1.24. The molecule has 0 unspecified atom stereocenters. The van der Waals surface area contributed by atoms with Crippen molar-refractivity contribution in [3.8, 4) is 0 Å². The number of amides is 2. The number of alkyl halides is 3. The molecular weight excluding hydrogens is 251 g/mol. The Morgan fingerprint density at radius 3 is 2.50 bits per heavy atom. The molecule has 0 aromatic rings. The van der Waals surface area contributed by atoms with Crippen LogP contribution >= 0.6 is 0 Å². The summed E-state index contributed by atoms with van der Waals surface area (Å²) >= 11 is 0. The minimum atomic E-state index is -4.45. The molecule has 0 aromatic carbocycles. The van der Waals surface area contributed by atoms with Crippen LogP contribution in [0, 0.1) is 0 Å². The maximum Gasteiger partial charge on any atom is 0.405 e. The van der Waals surface area contributed by atoms with Crippen molar-refractivity contribution in [1.82, 2.24) is 15.5 Å². The average Bonchev–Trinajstić information content (AvgIpc) is 2.25. The molecule has 0 heterocycles. The first-order chi connectivity index (χ1) is 8.26. The van der Waals surface area contributed by atoms with Crippen LogP contribution in [0.3, 0.4) is 0 Å². The second kappa shape index (κ2) is 7.70. The molecule has 5 nitrogen and oxygen atoms in total. The number of hydrogen-bond acceptors (Lipinski definition) is 3. The van der Waals surface area contributed by atoms with Gasteiger partial charge in [-0.15, -0.1) is 6.58 Å². The smallest absolute Gasteiger partial charge is 0.345 e. The van der Waals surface area contributed by atoms with Gasteiger partial charge in [-0.1, -0.05) is 6.08 Å². The van der Waals surface area contributed by atoms with Crippen LogP contribution in [-0.4, -0.2) is 56.1 Å². The molecule has 0 spiro atoms. The molecule has 0 bridgehead atoms. The zero-order valence-electron chi connectivity index (χ0n) is 10.0. The predicted octanol–water partition coefficient (Wildman–Crippen LogP) is -0.101. The minimum absolute atomic E-state index is 0.00489. The lowest BCUT2D eigenvalue weighted by Crippen LogP contribution is -2.44. The fourth-order valence-corrected chi connectivity index (χ4v) is 0.974. The summed E-state index contributed by atoms with van der Waals surface area (Å²) < 4.78 is 35.4. The molecule has 2 amide bonds. The van der Waals surface area contributed by atoms with Gasteiger partial charge in [0.2, 0.25) is 11.8 Å². The SMILES string of the molecule is C=CCNCC(=O)N(C)CC(=O)NCC(F)(F)F. The molecule has 0 saturated heterocycles. The van der Waals surface area contributed by atoms with Gasteiger partial charge in [-0.05, 0) is 0 Å². The van der Waals surface area contributed by atoms with Gasteiger partial charge >= 0.3 is 6.18 Å². The van der Waals surface area contributed by atoms with Gasteiger partial charge < -0.3 is 15.5 Å². The minimum Gasteiger partial charge on any atom is -0.345 e. The summed E-state index contributed by atoms with van der Waals surface area (Å²) in [6, 6.07) is 0. The van der Waals surface area contributed by atoms with Gasteiger partial charge in [-0.2, -0.15) is 13.2 Å². The fourth-order valence-electron chi connectivity index (χ4n) is 0.974. The summed E-state index contributed by atoms with van der Waals surface area (Å²) in [6.07, 6.45) is -2.90. The molecule has 0 radical (unpaired) electrons. The van der Waals surface area contributed by atoms with Gasteiger partial charge in [0.1, 0.15) is 6.54 Å². The summed E-state index contributed by atoms with van der Waals surface area (Å²) in [7, 11) is 1.34. The van der Waals surface area contributed by atoms with Crippen LogP contribution in [0.5, 0.6) is 0 Å². The first kappa shape index (κ1) is 16.4. The van der Waals surface area contributed by atoms with Gasteiger partial charge in [0.25, 0.3) is 0 Å².